The van der Waals surface area contributed by atoms with Crippen molar-refractivity contribution in [3.63, 3.8) is 0 Å². The molecule has 4 heteroatoms. The molecule has 1 unspecified atom stereocenters. The third-order valence-electron chi connectivity index (χ3n) is 3.43. The number of nitriles is 1. The van der Waals surface area contributed by atoms with Gasteiger partial charge in [-0.25, -0.2) is 0 Å². The van der Waals surface area contributed by atoms with Crippen LogP contribution < -0.4 is 5.32 Å². The lowest BCUT2D eigenvalue weighted by molar-refractivity contribution is 0.896. The fourth-order valence-electron chi connectivity index (χ4n) is 2.37. The van der Waals surface area contributed by atoms with Crippen LogP contribution >= 0.6 is 23.2 Å². The fourth-order valence-corrected chi connectivity index (χ4v) is 2.77. The predicted molar refractivity (Wildman–Crippen MR) is 93.9 cm³/mol. The van der Waals surface area contributed by atoms with E-state index in [9.17, 15) is 5.26 Å². The van der Waals surface area contributed by atoms with Crippen molar-refractivity contribution in [2.24, 2.45) is 0 Å². The first-order chi connectivity index (χ1) is 10.4. The summed E-state index contributed by atoms with van der Waals surface area (Å²) in [7, 11) is 0. The topological polar surface area (TPSA) is 35.8 Å². The Labute approximate surface area is 141 Å². The zero-order chi connectivity index (χ0) is 16.3. The third kappa shape index (κ3) is 3.74. The summed E-state index contributed by atoms with van der Waals surface area (Å²) in [5, 5.41) is 14.2. The molecule has 0 aliphatic rings. The van der Waals surface area contributed by atoms with Crippen LogP contribution in [0.3, 0.4) is 0 Å². The van der Waals surface area contributed by atoms with Gasteiger partial charge in [-0.1, -0.05) is 41.4 Å². The molecule has 114 valence electrons. The van der Waals surface area contributed by atoms with E-state index in [1.165, 1.54) is 0 Å². The minimum absolute atomic E-state index is 0.323. The molecule has 0 spiro atoms. The molecule has 2 aromatic rings. The maximum atomic E-state index is 9.58. The average molecular weight is 333 g/mol. The number of nitrogens with one attached hydrogen (secondary N) is 1. The van der Waals surface area contributed by atoms with Crippen LogP contribution in [0, 0.1) is 18.3 Å². The van der Waals surface area contributed by atoms with Gasteiger partial charge in [0.05, 0.1) is 12.0 Å². The zero-order valence-corrected chi connectivity index (χ0v) is 14.3. The number of benzene rings is 2. The molecule has 0 saturated carbocycles. The highest BCUT2D eigenvalue weighted by Gasteiger charge is 2.18. The van der Waals surface area contributed by atoms with Crippen molar-refractivity contribution in [2.75, 3.05) is 5.32 Å². The Hall–Kier alpha value is -1.69. The van der Waals surface area contributed by atoms with Gasteiger partial charge in [0.2, 0.25) is 0 Å². The van der Waals surface area contributed by atoms with E-state index >= 15 is 0 Å². The molecule has 0 amide bonds. The van der Waals surface area contributed by atoms with Gasteiger partial charge in [0.1, 0.15) is 0 Å². The van der Waals surface area contributed by atoms with Crippen LogP contribution in [0.1, 0.15) is 36.5 Å². The molecular weight excluding hydrogens is 315 g/mol. The number of hydrogen-bond acceptors (Lipinski definition) is 2. The minimum atomic E-state index is -0.406. The maximum absolute atomic E-state index is 9.58. The number of aryl methyl sites for hydroxylation is 1. The molecule has 1 atom stereocenters. The molecule has 2 rings (SSSR count). The van der Waals surface area contributed by atoms with Gasteiger partial charge in [-0.3, -0.25) is 0 Å². The van der Waals surface area contributed by atoms with Gasteiger partial charge < -0.3 is 5.32 Å². The summed E-state index contributed by atoms with van der Waals surface area (Å²) >= 11 is 12.3. The second kappa shape index (κ2) is 7.05. The molecule has 0 aliphatic heterocycles. The molecule has 0 saturated heterocycles. The summed E-state index contributed by atoms with van der Waals surface area (Å²) in [4.78, 5) is 0. The Kier molecular flexibility index (Phi) is 5.34. The van der Waals surface area contributed by atoms with E-state index in [1.54, 1.807) is 12.1 Å². The smallest absolute Gasteiger partial charge is 0.0977 e. The van der Waals surface area contributed by atoms with Gasteiger partial charge in [-0.15, -0.1) is 0 Å². The van der Waals surface area contributed by atoms with Crippen molar-refractivity contribution in [1.82, 2.24) is 0 Å². The summed E-state index contributed by atoms with van der Waals surface area (Å²) in [6.45, 7) is 6.17. The lowest BCUT2D eigenvalue weighted by Crippen LogP contribution is -2.11. The normalized spacial score (nSPS) is 12.0. The molecular formula is C18H18Cl2N2. The first kappa shape index (κ1) is 16.7. The summed E-state index contributed by atoms with van der Waals surface area (Å²) in [5.41, 5.74) is 3.77. The summed E-state index contributed by atoms with van der Waals surface area (Å²) in [5.74, 6) is -0.406. The third-order valence-corrected chi connectivity index (χ3v) is 4.01. The van der Waals surface area contributed by atoms with Crippen LogP contribution in [0.5, 0.6) is 0 Å². The Morgan fingerprint density at radius 2 is 1.73 bits per heavy atom. The average Bonchev–Trinajstić information content (AvgIpc) is 2.46. The Bertz CT molecular complexity index is 700. The van der Waals surface area contributed by atoms with Crippen molar-refractivity contribution < 1.29 is 0 Å². The SMILES string of the molecule is Cc1cc(C(C#N)c2ccc(Cl)cc2)c(Cl)cc1NC(C)C. The van der Waals surface area contributed by atoms with Crippen LogP contribution in [0.4, 0.5) is 5.69 Å². The van der Waals surface area contributed by atoms with Gasteiger partial charge in [0.25, 0.3) is 0 Å². The zero-order valence-electron chi connectivity index (χ0n) is 12.8. The standard InChI is InChI=1S/C18H18Cl2N2/c1-11(2)22-18-9-17(20)15(8-12(18)3)16(10-21)13-4-6-14(19)7-5-13/h4-9,11,16,22H,1-3H3. The quantitative estimate of drug-likeness (QED) is 0.770. The molecule has 0 radical (unpaired) electrons. The summed E-state index contributed by atoms with van der Waals surface area (Å²) in [6, 6.07) is 13.8. The first-order valence-electron chi connectivity index (χ1n) is 7.14. The number of halogens is 2. The van der Waals surface area contributed by atoms with Crippen LogP contribution in [-0.4, -0.2) is 6.04 Å². The molecule has 0 heterocycles. The molecule has 0 bridgehead atoms. The lowest BCUT2D eigenvalue weighted by atomic mass is 9.91. The summed E-state index contributed by atoms with van der Waals surface area (Å²) < 4.78 is 0. The van der Waals surface area contributed by atoms with Crippen molar-refractivity contribution in [3.05, 3.63) is 63.1 Å². The van der Waals surface area contributed by atoms with Crippen LogP contribution in [-0.2, 0) is 0 Å². The second-order valence-electron chi connectivity index (χ2n) is 5.60. The van der Waals surface area contributed by atoms with E-state index in [-0.39, 0.29) is 0 Å². The number of nitrogens with zero attached hydrogens (tertiary/aromatic N) is 1. The number of rotatable bonds is 4. The van der Waals surface area contributed by atoms with E-state index < -0.39 is 5.92 Å². The molecule has 0 aliphatic carbocycles. The van der Waals surface area contributed by atoms with E-state index in [4.69, 9.17) is 23.2 Å². The molecule has 0 fully saturated rings. The van der Waals surface area contributed by atoms with Gasteiger partial charge in [0.15, 0.2) is 0 Å². The van der Waals surface area contributed by atoms with Crippen molar-refractivity contribution in [2.45, 2.75) is 32.7 Å². The second-order valence-corrected chi connectivity index (χ2v) is 6.44. The van der Waals surface area contributed by atoms with Crippen LogP contribution in [0.15, 0.2) is 36.4 Å². The van der Waals surface area contributed by atoms with Crippen molar-refractivity contribution in [1.29, 1.82) is 5.26 Å². The van der Waals surface area contributed by atoms with Gasteiger partial charge in [-0.05, 0) is 55.7 Å². The highest BCUT2D eigenvalue weighted by atomic mass is 35.5. The highest BCUT2D eigenvalue weighted by Crippen LogP contribution is 2.34. The molecule has 22 heavy (non-hydrogen) atoms. The molecule has 2 aromatic carbocycles. The van der Waals surface area contributed by atoms with Gasteiger partial charge in [-0.2, -0.15) is 5.26 Å². The first-order valence-corrected chi connectivity index (χ1v) is 7.89. The van der Waals surface area contributed by atoms with Gasteiger partial charge >= 0.3 is 0 Å². The van der Waals surface area contributed by atoms with Crippen molar-refractivity contribution in [3.8, 4) is 6.07 Å². The maximum Gasteiger partial charge on any atom is 0.0977 e. The largest absolute Gasteiger partial charge is 0.383 e. The monoisotopic (exact) mass is 332 g/mol. The molecule has 0 aromatic heterocycles. The Morgan fingerprint density at radius 3 is 2.27 bits per heavy atom. The minimum Gasteiger partial charge on any atom is -0.383 e. The Morgan fingerprint density at radius 1 is 1.09 bits per heavy atom. The summed E-state index contributed by atoms with van der Waals surface area (Å²) in [6.07, 6.45) is 0. The van der Waals surface area contributed by atoms with Gasteiger partial charge in [0, 0.05) is 21.8 Å². The lowest BCUT2D eigenvalue weighted by Gasteiger charge is -2.18. The van der Waals surface area contributed by atoms with E-state index in [2.05, 4.69) is 25.2 Å². The number of anilines is 1. The van der Waals surface area contributed by atoms with E-state index in [0.717, 1.165) is 22.4 Å². The Balaban J connectivity index is 2.44. The van der Waals surface area contributed by atoms with Crippen LogP contribution in [0.2, 0.25) is 10.0 Å². The van der Waals surface area contributed by atoms with Crippen molar-refractivity contribution >= 4 is 28.9 Å². The predicted octanol–water partition coefficient (Wildman–Crippen LogP) is 5.78. The highest BCUT2D eigenvalue weighted by molar-refractivity contribution is 6.32. The molecule has 1 N–H and O–H groups in total. The molecule has 2 nitrogen and oxygen atoms in total. The van der Waals surface area contributed by atoms with E-state index in [0.29, 0.717) is 16.1 Å². The van der Waals surface area contributed by atoms with E-state index in [1.807, 2.05) is 31.2 Å². The number of hydrogen-bond donors (Lipinski definition) is 1. The van der Waals surface area contributed by atoms with Crippen LogP contribution in [0.25, 0.3) is 0 Å². The fraction of sp³-hybridized carbons (Fsp3) is 0.278.